The van der Waals surface area contributed by atoms with Gasteiger partial charge in [-0.1, -0.05) is 92.2 Å². The van der Waals surface area contributed by atoms with Crippen molar-refractivity contribution in [2.75, 3.05) is 0 Å². The minimum absolute atomic E-state index is 1.20. The normalized spacial score (nSPS) is 21.1. The van der Waals surface area contributed by atoms with Crippen molar-refractivity contribution < 1.29 is 0 Å². The van der Waals surface area contributed by atoms with Gasteiger partial charge in [0.15, 0.2) is 0 Å². The molecular weight excluding hydrogens is 396 g/mol. The van der Waals surface area contributed by atoms with Crippen molar-refractivity contribution in [3.8, 4) is 0 Å². The lowest BCUT2D eigenvalue weighted by atomic mass is 10.1. The average Bonchev–Trinajstić information content (AvgIpc) is 2.83. The highest BCUT2D eigenvalue weighted by atomic mass is 14.0. The summed E-state index contributed by atoms with van der Waals surface area (Å²) in [7, 11) is 0. The molecular formula is C33H54. The van der Waals surface area contributed by atoms with Crippen LogP contribution >= 0.6 is 0 Å². The third-order valence-corrected chi connectivity index (χ3v) is 6.22. The maximum atomic E-state index is 2.39. The molecule has 0 spiro atoms. The number of hydrogen-bond donors (Lipinski definition) is 0. The Kier molecular flexibility index (Phi) is 23.8. The molecule has 0 aliphatic heterocycles. The van der Waals surface area contributed by atoms with E-state index in [-0.39, 0.29) is 0 Å². The van der Waals surface area contributed by atoms with Gasteiger partial charge in [-0.05, 0) is 116 Å². The molecule has 186 valence electrons. The van der Waals surface area contributed by atoms with Crippen molar-refractivity contribution in [1.29, 1.82) is 0 Å². The fourth-order valence-corrected chi connectivity index (χ4v) is 4.10. The van der Waals surface area contributed by atoms with Gasteiger partial charge in [0, 0.05) is 0 Å². The summed E-state index contributed by atoms with van der Waals surface area (Å²) >= 11 is 0. The standard InChI is InChI=1S/C33H54/c1-2-4-6-8-10-12-14-16-18-20-22-24-26-28-30-32-33-31-29-27-25-23-21-19-17-15-13-11-9-7-5-3-1/h1-2,7,9,14,16,21-24,29,31H,3-6,8,10-13,15,17-20,25-28,30,32-33H2. The molecule has 0 aromatic rings. The van der Waals surface area contributed by atoms with Gasteiger partial charge in [0.2, 0.25) is 0 Å². The lowest BCUT2D eigenvalue weighted by Crippen LogP contribution is -1.76. The highest BCUT2D eigenvalue weighted by Gasteiger charge is 1.89. The van der Waals surface area contributed by atoms with Crippen LogP contribution in [0.3, 0.4) is 0 Å². The second kappa shape index (κ2) is 26.7. The smallest absolute Gasteiger partial charge is 0.0316 e. The molecule has 0 heterocycles. The Morgan fingerprint density at radius 2 is 0.303 bits per heavy atom. The van der Waals surface area contributed by atoms with Gasteiger partial charge in [-0.3, -0.25) is 0 Å². The molecule has 0 heteroatoms. The van der Waals surface area contributed by atoms with E-state index in [0.29, 0.717) is 0 Å². The third kappa shape index (κ3) is 24.9. The molecule has 1 aliphatic carbocycles. The van der Waals surface area contributed by atoms with E-state index in [1.807, 2.05) is 0 Å². The van der Waals surface area contributed by atoms with Crippen LogP contribution in [-0.4, -0.2) is 0 Å². The first kappa shape index (κ1) is 29.5. The molecule has 33 heavy (non-hydrogen) atoms. The predicted octanol–water partition coefficient (Wildman–Crippen LogP) is 11.5. The third-order valence-electron chi connectivity index (χ3n) is 6.22. The Morgan fingerprint density at radius 3 is 0.485 bits per heavy atom. The Bertz CT molecular complexity index is 426. The Hall–Kier alpha value is -1.56. The molecule has 0 unspecified atom stereocenters. The van der Waals surface area contributed by atoms with Gasteiger partial charge < -0.3 is 0 Å². The topological polar surface area (TPSA) is 0 Å². The molecule has 1 rings (SSSR count). The minimum Gasteiger partial charge on any atom is -0.0885 e. The molecule has 0 aromatic carbocycles. The van der Waals surface area contributed by atoms with E-state index in [1.54, 1.807) is 0 Å². The van der Waals surface area contributed by atoms with Crippen LogP contribution in [0.4, 0.5) is 0 Å². The second-order valence-corrected chi connectivity index (χ2v) is 9.47. The van der Waals surface area contributed by atoms with E-state index in [1.165, 1.54) is 135 Å². The number of rotatable bonds is 0. The van der Waals surface area contributed by atoms with Crippen molar-refractivity contribution in [2.45, 2.75) is 135 Å². The van der Waals surface area contributed by atoms with Crippen LogP contribution in [0.25, 0.3) is 0 Å². The summed E-state index contributed by atoms with van der Waals surface area (Å²) in [5.74, 6) is 0. The van der Waals surface area contributed by atoms with Gasteiger partial charge in [0.1, 0.15) is 0 Å². The van der Waals surface area contributed by atoms with Gasteiger partial charge in [-0.25, -0.2) is 0 Å². The maximum absolute atomic E-state index is 2.39. The zero-order valence-electron chi connectivity index (χ0n) is 21.8. The second-order valence-electron chi connectivity index (χ2n) is 9.47. The summed E-state index contributed by atoms with van der Waals surface area (Å²) in [4.78, 5) is 0. The van der Waals surface area contributed by atoms with Crippen molar-refractivity contribution in [3.05, 3.63) is 72.9 Å². The van der Waals surface area contributed by atoms with Crippen LogP contribution in [0, 0.1) is 0 Å². The molecule has 1 aliphatic rings. The highest BCUT2D eigenvalue weighted by molar-refractivity contribution is 4.90. The van der Waals surface area contributed by atoms with Gasteiger partial charge in [-0.15, -0.1) is 0 Å². The molecule has 0 N–H and O–H groups in total. The summed E-state index contributed by atoms with van der Waals surface area (Å²) in [6, 6.07) is 0. The molecule has 0 fully saturated rings. The van der Waals surface area contributed by atoms with Crippen molar-refractivity contribution in [2.24, 2.45) is 0 Å². The van der Waals surface area contributed by atoms with Crippen LogP contribution in [0.15, 0.2) is 72.9 Å². The van der Waals surface area contributed by atoms with E-state index in [0.717, 1.165) is 0 Å². The molecule has 0 radical (unpaired) electrons. The Morgan fingerprint density at radius 1 is 0.152 bits per heavy atom. The summed E-state index contributed by atoms with van der Waals surface area (Å²) in [5, 5.41) is 0. The molecule has 0 bridgehead atoms. The molecule has 0 aromatic heterocycles. The van der Waals surface area contributed by atoms with Crippen molar-refractivity contribution in [3.63, 3.8) is 0 Å². The molecule has 0 amide bonds. The van der Waals surface area contributed by atoms with E-state index in [9.17, 15) is 0 Å². The van der Waals surface area contributed by atoms with Gasteiger partial charge in [0.05, 0.1) is 0 Å². The van der Waals surface area contributed by atoms with Gasteiger partial charge in [-0.2, -0.15) is 0 Å². The number of allylic oxidation sites excluding steroid dienone is 12. The van der Waals surface area contributed by atoms with Crippen molar-refractivity contribution >= 4 is 0 Å². The fraction of sp³-hybridized carbons (Fsp3) is 0.636. The fourth-order valence-electron chi connectivity index (χ4n) is 4.10. The monoisotopic (exact) mass is 450 g/mol. The van der Waals surface area contributed by atoms with Crippen LogP contribution < -0.4 is 0 Å². The number of hydrogen-bond acceptors (Lipinski definition) is 0. The maximum Gasteiger partial charge on any atom is -0.0316 e. The SMILES string of the molecule is C1=CCCCCCC=CCCC=CCCCCCC=CCCC=CCCCCCC=CCC1. The summed E-state index contributed by atoms with van der Waals surface area (Å²) in [5.41, 5.74) is 0. The lowest BCUT2D eigenvalue weighted by molar-refractivity contribution is 0.693. The van der Waals surface area contributed by atoms with Crippen LogP contribution in [0.2, 0.25) is 0 Å². The Labute approximate surface area is 207 Å². The van der Waals surface area contributed by atoms with Gasteiger partial charge >= 0.3 is 0 Å². The minimum atomic E-state index is 1.20. The Balaban J connectivity index is 2.20. The summed E-state index contributed by atoms with van der Waals surface area (Å²) in [6.45, 7) is 0. The largest absolute Gasteiger partial charge is 0.0885 e. The van der Waals surface area contributed by atoms with E-state index in [2.05, 4.69) is 72.9 Å². The lowest BCUT2D eigenvalue weighted by Gasteiger charge is -1.96. The first-order valence-corrected chi connectivity index (χ1v) is 14.4. The zero-order valence-corrected chi connectivity index (χ0v) is 21.8. The van der Waals surface area contributed by atoms with E-state index >= 15 is 0 Å². The highest BCUT2D eigenvalue weighted by Crippen LogP contribution is 2.09. The first-order valence-electron chi connectivity index (χ1n) is 14.4. The van der Waals surface area contributed by atoms with Crippen LogP contribution in [-0.2, 0) is 0 Å². The summed E-state index contributed by atoms with van der Waals surface area (Å²) in [6.07, 6.45) is 55.5. The zero-order chi connectivity index (χ0) is 23.3. The predicted molar refractivity (Wildman–Crippen MR) is 152 cm³/mol. The molecule has 0 atom stereocenters. The molecule has 0 saturated heterocycles. The molecule has 0 nitrogen and oxygen atoms in total. The molecule has 0 saturated carbocycles. The van der Waals surface area contributed by atoms with Crippen LogP contribution in [0.1, 0.15) is 135 Å². The van der Waals surface area contributed by atoms with Crippen molar-refractivity contribution in [1.82, 2.24) is 0 Å². The summed E-state index contributed by atoms with van der Waals surface area (Å²) < 4.78 is 0. The van der Waals surface area contributed by atoms with E-state index in [4.69, 9.17) is 0 Å². The van der Waals surface area contributed by atoms with E-state index < -0.39 is 0 Å². The quantitative estimate of drug-likeness (QED) is 0.322. The van der Waals surface area contributed by atoms with Gasteiger partial charge in [0.25, 0.3) is 0 Å². The first-order chi connectivity index (χ1) is 16.5. The average molecular weight is 451 g/mol. The van der Waals surface area contributed by atoms with Crippen LogP contribution in [0.5, 0.6) is 0 Å².